The maximum atomic E-state index is 0. The van der Waals surface area contributed by atoms with Crippen molar-refractivity contribution in [2.45, 2.75) is 0 Å². The minimum atomic E-state index is 0. The predicted molar refractivity (Wildman–Crippen MR) is 12.8 cm³/mol. The van der Waals surface area contributed by atoms with E-state index in [0.717, 1.165) is 0 Å². The normalized spacial score (nSPS) is 0. The van der Waals surface area contributed by atoms with E-state index >= 15 is 0 Å². The largest absolute Gasteiger partial charge is 1.00 e. The second-order valence-corrected chi connectivity index (χ2v) is 0. The summed E-state index contributed by atoms with van der Waals surface area (Å²) in [5.74, 6) is 0. The van der Waals surface area contributed by atoms with Crippen LogP contribution < -0.4 is 154 Å². The van der Waals surface area contributed by atoms with E-state index < -0.39 is 0 Å². The van der Waals surface area contributed by atoms with Crippen molar-refractivity contribution in [1.29, 1.82) is 0 Å². The topological polar surface area (TPSA) is 0 Å². The van der Waals surface area contributed by atoms with Crippen LogP contribution in [-0.2, 0) is 0 Å². The quantitative estimate of drug-likeness (QED) is 0.236. The van der Waals surface area contributed by atoms with Gasteiger partial charge in [0.1, 0.15) is 0 Å². The Labute approximate surface area is 163 Å². The molecule has 0 rings (SSSR count). The molecule has 0 aromatic rings. The summed E-state index contributed by atoms with van der Waals surface area (Å²) in [5.41, 5.74) is 0. The van der Waals surface area contributed by atoms with Crippen molar-refractivity contribution < 1.29 is 154 Å². The van der Waals surface area contributed by atoms with Gasteiger partial charge in [-0.2, -0.15) is 0 Å². The minimum Gasteiger partial charge on any atom is -0.358 e. The molecule has 3 heteroatoms. The molecular weight excluding hydrogens is 141 g/mol. The summed E-state index contributed by atoms with van der Waals surface area (Å²) in [5, 5.41) is 0. The molecule has 0 atom stereocenters. The van der Waals surface area contributed by atoms with Gasteiger partial charge in [-0.1, -0.05) is 0 Å². The van der Waals surface area contributed by atoms with Gasteiger partial charge in [-0.25, -0.2) is 0 Å². The Kier molecular flexibility index (Phi) is 151. The van der Waals surface area contributed by atoms with Gasteiger partial charge in [-0.3, -0.25) is 0 Å². The molecule has 16 valence electrons. The zero-order valence-electron chi connectivity index (χ0n) is 5.00. The van der Waals surface area contributed by atoms with E-state index in [1.807, 2.05) is 0 Å². The van der Waals surface area contributed by atoms with Crippen molar-refractivity contribution in [2.24, 2.45) is 0 Å². The Balaban J connectivity index is 0. The Morgan fingerprint density at radius 1 is 0.400 bits per heavy atom. The fraction of sp³-hybridized carbons (Fsp3) is 0. The Morgan fingerprint density at radius 2 is 0.400 bits per heavy atom. The van der Waals surface area contributed by atoms with Gasteiger partial charge in [-0.15, -0.1) is 0 Å². The van der Waals surface area contributed by atoms with Crippen molar-refractivity contribution in [3.63, 3.8) is 0 Å². The molecule has 0 bridgehead atoms. The Hall–Kier alpha value is 4.91. The van der Waals surface area contributed by atoms with Crippen LogP contribution in [-0.4, -0.2) is 0 Å². The van der Waals surface area contributed by atoms with Gasteiger partial charge < -0.3 is 14.9 Å². The van der Waals surface area contributed by atoms with Gasteiger partial charge >= 0.3 is 154 Å². The van der Waals surface area contributed by atoms with Crippen LogP contribution in [0.5, 0.6) is 0 Å². The van der Waals surface area contributed by atoms with Crippen LogP contribution in [0.1, 0.15) is 0 Å². The van der Waals surface area contributed by atoms with Crippen molar-refractivity contribution in [1.82, 2.24) is 0 Å². The van der Waals surface area contributed by atoms with Crippen LogP contribution in [0.3, 0.4) is 0 Å². The first-order chi connectivity index (χ1) is 0. The molecule has 0 unspecified atom stereocenters. The average molecular weight is 147 g/mol. The van der Waals surface area contributed by atoms with E-state index in [0.29, 0.717) is 0 Å². The molecule has 0 heterocycles. The van der Waals surface area contributed by atoms with E-state index in [-0.39, 0.29) is 169 Å². The molecular formula is C2H6K3+. The Bertz CT molecular complexity index is 4.85. The predicted octanol–water partition coefficient (Wildman–Crippen LogP) is -8.09. The van der Waals surface area contributed by atoms with Crippen molar-refractivity contribution in [2.75, 3.05) is 0 Å². The zero-order chi connectivity index (χ0) is 0. The van der Waals surface area contributed by atoms with Gasteiger partial charge in [0.05, 0.1) is 0 Å². The van der Waals surface area contributed by atoms with Crippen LogP contribution in [0.25, 0.3) is 0 Å². The summed E-state index contributed by atoms with van der Waals surface area (Å²) >= 11 is 0. The van der Waals surface area contributed by atoms with Gasteiger partial charge in [0, 0.05) is 0 Å². The second kappa shape index (κ2) is 23.1. The smallest absolute Gasteiger partial charge is 0.358 e. The third-order valence-corrected chi connectivity index (χ3v) is 0. The SMILES string of the molecule is [CH3-].[CH3-].[K+].[K+].[K+]. The monoisotopic (exact) mass is 147 g/mol. The number of rotatable bonds is 0. The summed E-state index contributed by atoms with van der Waals surface area (Å²) in [7, 11) is 0. The molecule has 0 aliphatic carbocycles. The van der Waals surface area contributed by atoms with E-state index in [1.165, 1.54) is 0 Å². The molecule has 0 aliphatic heterocycles. The first kappa shape index (κ1) is 32.6. The average Bonchev–Trinajstić information content (AvgIpc) is 0. The maximum Gasteiger partial charge on any atom is 1.00 e. The summed E-state index contributed by atoms with van der Waals surface area (Å²) in [6, 6.07) is 0. The minimum absolute atomic E-state index is 0. The Morgan fingerprint density at radius 3 is 0.400 bits per heavy atom. The van der Waals surface area contributed by atoms with Crippen molar-refractivity contribution >= 4 is 0 Å². The third kappa shape index (κ3) is 17.6. The molecule has 0 spiro atoms. The molecule has 5 heavy (non-hydrogen) atoms. The van der Waals surface area contributed by atoms with E-state index in [1.54, 1.807) is 0 Å². The van der Waals surface area contributed by atoms with Crippen molar-refractivity contribution in [3.05, 3.63) is 14.9 Å². The van der Waals surface area contributed by atoms with Crippen LogP contribution in [0.2, 0.25) is 0 Å². The van der Waals surface area contributed by atoms with Crippen molar-refractivity contribution in [3.8, 4) is 0 Å². The van der Waals surface area contributed by atoms with Gasteiger partial charge in [0.25, 0.3) is 0 Å². The third-order valence-electron chi connectivity index (χ3n) is 0. The van der Waals surface area contributed by atoms with Crippen LogP contribution in [0.15, 0.2) is 0 Å². The number of hydrogen-bond donors (Lipinski definition) is 0. The fourth-order valence-electron chi connectivity index (χ4n) is 0. The summed E-state index contributed by atoms with van der Waals surface area (Å²) < 4.78 is 0. The van der Waals surface area contributed by atoms with E-state index in [4.69, 9.17) is 0 Å². The molecule has 0 fully saturated rings. The first-order valence-corrected chi connectivity index (χ1v) is 0. The van der Waals surface area contributed by atoms with Gasteiger partial charge in [-0.05, 0) is 0 Å². The first-order valence-electron chi connectivity index (χ1n) is 0. The van der Waals surface area contributed by atoms with Gasteiger partial charge in [0.2, 0.25) is 0 Å². The maximum absolute atomic E-state index is 0. The second-order valence-electron chi connectivity index (χ2n) is 0. The molecule has 0 radical (unpaired) electrons. The fourth-order valence-corrected chi connectivity index (χ4v) is 0. The standard InChI is InChI=1S/2CH3.3K/h2*1H3;;;/q2*-1;3*+1. The van der Waals surface area contributed by atoms with Crippen LogP contribution >= 0.6 is 0 Å². The van der Waals surface area contributed by atoms with E-state index in [9.17, 15) is 0 Å². The van der Waals surface area contributed by atoms with Gasteiger partial charge in [0.15, 0.2) is 0 Å². The summed E-state index contributed by atoms with van der Waals surface area (Å²) in [6.45, 7) is 0. The van der Waals surface area contributed by atoms with Crippen LogP contribution in [0, 0.1) is 14.9 Å². The molecule has 0 aliphatic rings. The number of hydrogen-bond acceptors (Lipinski definition) is 0. The molecule has 0 amide bonds. The summed E-state index contributed by atoms with van der Waals surface area (Å²) in [4.78, 5) is 0. The van der Waals surface area contributed by atoms with Crippen LogP contribution in [0.4, 0.5) is 0 Å². The zero-order valence-corrected chi connectivity index (χ0v) is 14.4. The summed E-state index contributed by atoms with van der Waals surface area (Å²) in [6.07, 6.45) is 0. The molecule has 0 N–H and O–H groups in total. The molecule has 0 saturated heterocycles. The molecule has 0 aromatic heterocycles. The molecule has 0 saturated carbocycles. The molecule has 0 aromatic carbocycles. The van der Waals surface area contributed by atoms with E-state index in [2.05, 4.69) is 0 Å². The molecule has 0 nitrogen and oxygen atoms in total.